The van der Waals surface area contributed by atoms with E-state index < -0.39 is 36.6 Å². The molecule has 0 spiro atoms. The summed E-state index contributed by atoms with van der Waals surface area (Å²) in [6, 6.07) is 2.05. The highest BCUT2D eigenvalue weighted by molar-refractivity contribution is 5.23. The predicted molar refractivity (Wildman–Crippen MR) is 46.7 cm³/mol. The van der Waals surface area contributed by atoms with E-state index in [-0.39, 0.29) is 5.56 Å². The second-order valence-electron chi connectivity index (χ2n) is 3.66. The van der Waals surface area contributed by atoms with Gasteiger partial charge in [-0.25, -0.2) is 17.6 Å². The second kappa shape index (κ2) is 3.48. The van der Waals surface area contributed by atoms with Gasteiger partial charge in [-0.05, 0) is 18.2 Å². The molecule has 1 nitrogen and oxygen atoms in total. The lowest BCUT2D eigenvalue weighted by Crippen LogP contribution is -2.19. The first-order valence-electron chi connectivity index (χ1n) is 4.54. The van der Waals surface area contributed by atoms with Crippen molar-refractivity contribution in [1.29, 1.82) is 0 Å². The fraction of sp³-hybridized carbons (Fsp3) is 0.400. The monoisotopic (exact) mass is 219 g/mol. The topological polar surface area (TPSA) is 12.0 Å². The molecule has 1 aliphatic rings. The van der Waals surface area contributed by atoms with Crippen molar-refractivity contribution < 1.29 is 17.6 Å². The Bertz CT molecular complexity index is 378. The predicted octanol–water partition coefficient (Wildman–Crippen LogP) is 2.63. The third kappa shape index (κ3) is 2.12. The van der Waals surface area contributed by atoms with Crippen molar-refractivity contribution in [2.75, 3.05) is 6.54 Å². The summed E-state index contributed by atoms with van der Waals surface area (Å²) in [6.07, 6.45) is -0.493. The smallest absolute Gasteiger partial charge is 0.262 e. The van der Waals surface area contributed by atoms with Gasteiger partial charge < -0.3 is 5.32 Å². The number of rotatable bonds is 1. The molecule has 0 bridgehead atoms. The van der Waals surface area contributed by atoms with Crippen molar-refractivity contribution in [2.24, 2.45) is 0 Å². The van der Waals surface area contributed by atoms with Crippen molar-refractivity contribution in [2.45, 2.75) is 18.4 Å². The number of hydrogen-bond acceptors (Lipinski definition) is 1. The Kier molecular flexibility index (Phi) is 2.42. The number of alkyl halides is 2. The van der Waals surface area contributed by atoms with Crippen molar-refractivity contribution >= 4 is 0 Å². The van der Waals surface area contributed by atoms with Gasteiger partial charge in [0.25, 0.3) is 5.92 Å². The molecule has 0 aliphatic carbocycles. The van der Waals surface area contributed by atoms with Gasteiger partial charge in [0.2, 0.25) is 0 Å². The highest BCUT2D eigenvalue weighted by atomic mass is 19.3. The van der Waals surface area contributed by atoms with Gasteiger partial charge in [-0.15, -0.1) is 0 Å². The van der Waals surface area contributed by atoms with Crippen LogP contribution in [-0.4, -0.2) is 12.5 Å². The van der Waals surface area contributed by atoms with Crippen molar-refractivity contribution in [3.05, 3.63) is 35.4 Å². The fourth-order valence-corrected chi connectivity index (χ4v) is 1.72. The summed E-state index contributed by atoms with van der Waals surface area (Å²) in [4.78, 5) is 0. The molecule has 1 aromatic carbocycles. The molecule has 1 heterocycles. The van der Waals surface area contributed by atoms with Gasteiger partial charge in [-0.3, -0.25) is 0 Å². The van der Waals surface area contributed by atoms with Crippen LogP contribution in [0, 0.1) is 11.6 Å². The van der Waals surface area contributed by atoms with Crippen molar-refractivity contribution in [3.8, 4) is 0 Å². The third-order valence-electron chi connectivity index (χ3n) is 2.44. The molecule has 5 heteroatoms. The SMILES string of the molecule is Fc1ccc(F)c([C@H]2CC(F)(F)CN2)c1. The molecule has 1 aliphatic heterocycles. The van der Waals surface area contributed by atoms with Crippen LogP contribution >= 0.6 is 0 Å². The molecular formula is C10H9F4N. The summed E-state index contributed by atoms with van der Waals surface area (Å²) in [5.41, 5.74) is -0.0350. The summed E-state index contributed by atoms with van der Waals surface area (Å²) >= 11 is 0. The van der Waals surface area contributed by atoms with Crippen molar-refractivity contribution in [3.63, 3.8) is 0 Å². The molecule has 2 rings (SSSR count). The van der Waals surface area contributed by atoms with E-state index in [0.717, 1.165) is 18.2 Å². The highest BCUT2D eigenvalue weighted by Gasteiger charge is 2.40. The molecule has 0 radical (unpaired) electrons. The number of halogens is 4. The van der Waals surface area contributed by atoms with E-state index in [1.807, 2.05) is 0 Å². The van der Waals surface area contributed by atoms with Gasteiger partial charge in [0.05, 0.1) is 6.54 Å². The van der Waals surface area contributed by atoms with Gasteiger partial charge in [-0.1, -0.05) is 0 Å². The zero-order chi connectivity index (χ0) is 11.1. The van der Waals surface area contributed by atoms with Crippen LogP contribution in [0.1, 0.15) is 18.0 Å². The minimum atomic E-state index is -2.84. The van der Waals surface area contributed by atoms with Crippen LogP contribution < -0.4 is 5.32 Å². The Morgan fingerprint density at radius 2 is 2.00 bits per heavy atom. The molecule has 82 valence electrons. The lowest BCUT2D eigenvalue weighted by atomic mass is 10.0. The Labute approximate surface area is 84.1 Å². The van der Waals surface area contributed by atoms with E-state index in [0.29, 0.717) is 0 Å². The first kappa shape index (κ1) is 10.4. The molecule has 0 unspecified atom stereocenters. The second-order valence-corrected chi connectivity index (χ2v) is 3.66. The quantitative estimate of drug-likeness (QED) is 0.716. The number of hydrogen-bond donors (Lipinski definition) is 1. The Morgan fingerprint density at radius 1 is 1.27 bits per heavy atom. The van der Waals surface area contributed by atoms with Gasteiger partial charge in [0.1, 0.15) is 11.6 Å². The highest BCUT2D eigenvalue weighted by Crippen LogP contribution is 2.34. The van der Waals surface area contributed by atoms with E-state index >= 15 is 0 Å². The standard InChI is InChI=1S/C10H9F4N/c11-6-1-2-8(12)7(3-6)9-4-10(13,14)5-15-9/h1-3,9,15H,4-5H2/t9-/m1/s1. The van der Waals surface area contributed by atoms with Crippen LogP contribution in [0.2, 0.25) is 0 Å². The van der Waals surface area contributed by atoms with Crippen LogP contribution in [-0.2, 0) is 0 Å². The van der Waals surface area contributed by atoms with Crippen LogP contribution in [0.4, 0.5) is 17.6 Å². The average molecular weight is 219 g/mol. The van der Waals surface area contributed by atoms with E-state index in [4.69, 9.17) is 0 Å². The largest absolute Gasteiger partial charge is 0.304 e. The molecule has 1 fully saturated rings. The first-order chi connectivity index (χ1) is 6.98. The molecular weight excluding hydrogens is 210 g/mol. The van der Waals surface area contributed by atoms with E-state index in [9.17, 15) is 17.6 Å². The van der Waals surface area contributed by atoms with Gasteiger partial charge in [-0.2, -0.15) is 0 Å². The van der Waals surface area contributed by atoms with Gasteiger partial charge >= 0.3 is 0 Å². The summed E-state index contributed by atoms with van der Waals surface area (Å²) in [5, 5.41) is 2.47. The van der Waals surface area contributed by atoms with Crippen LogP contribution in [0.25, 0.3) is 0 Å². The molecule has 1 atom stereocenters. The fourth-order valence-electron chi connectivity index (χ4n) is 1.72. The molecule has 1 N–H and O–H groups in total. The van der Waals surface area contributed by atoms with E-state index in [2.05, 4.69) is 5.32 Å². The normalized spacial score (nSPS) is 24.4. The Morgan fingerprint density at radius 3 is 2.60 bits per heavy atom. The zero-order valence-corrected chi connectivity index (χ0v) is 7.74. The maximum absolute atomic E-state index is 13.2. The lowest BCUT2D eigenvalue weighted by Gasteiger charge is -2.11. The maximum Gasteiger partial charge on any atom is 0.262 e. The lowest BCUT2D eigenvalue weighted by molar-refractivity contribution is 0.0209. The number of benzene rings is 1. The molecule has 0 aromatic heterocycles. The zero-order valence-electron chi connectivity index (χ0n) is 7.74. The summed E-state index contributed by atoms with van der Waals surface area (Å²) in [6.45, 7) is -0.492. The molecule has 0 amide bonds. The third-order valence-corrected chi connectivity index (χ3v) is 2.44. The molecule has 1 saturated heterocycles. The minimum Gasteiger partial charge on any atom is -0.304 e. The van der Waals surface area contributed by atoms with Crippen LogP contribution in [0.5, 0.6) is 0 Å². The summed E-state index contributed by atoms with van der Waals surface area (Å²) in [5.74, 6) is -4.13. The maximum atomic E-state index is 13.2. The Balaban J connectivity index is 2.27. The van der Waals surface area contributed by atoms with Gasteiger partial charge in [0.15, 0.2) is 0 Å². The average Bonchev–Trinajstić information content (AvgIpc) is 2.50. The summed E-state index contributed by atoms with van der Waals surface area (Å²) < 4.78 is 51.7. The number of nitrogens with one attached hydrogen (secondary N) is 1. The van der Waals surface area contributed by atoms with Crippen molar-refractivity contribution in [1.82, 2.24) is 5.32 Å². The summed E-state index contributed by atoms with van der Waals surface area (Å²) in [7, 11) is 0. The van der Waals surface area contributed by atoms with E-state index in [1.165, 1.54) is 0 Å². The van der Waals surface area contributed by atoms with E-state index in [1.54, 1.807) is 0 Å². The first-order valence-corrected chi connectivity index (χ1v) is 4.54. The molecule has 1 aromatic rings. The minimum absolute atomic E-state index is 0.0350. The molecule has 0 saturated carbocycles. The van der Waals surface area contributed by atoms with Gasteiger partial charge in [0, 0.05) is 18.0 Å². The van der Waals surface area contributed by atoms with Crippen LogP contribution in [0.15, 0.2) is 18.2 Å². The van der Waals surface area contributed by atoms with Crippen LogP contribution in [0.3, 0.4) is 0 Å². The Hall–Kier alpha value is -1.10. The molecule has 15 heavy (non-hydrogen) atoms.